The Bertz CT molecular complexity index is 372. The predicted octanol–water partition coefficient (Wildman–Crippen LogP) is 2.51. The van der Waals surface area contributed by atoms with Gasteiger partial charge in [-0.25, -0.2) is 5.48 Å². The number of carbonyl (C=O) groups excluding carboxylic acids is 1. The van der Waals surface area contributed by atoms with Gasteiger partial charge in [-0.2, -0.15) is 0 Å². The van der Waals surface area contributed by atoms with Crippen molar-refractivity contribution in [3.8, 4) is 0 Å². The lowest BCUT2D eigenvalue weighted by molar-refractivity contribution is -0.133. The Morgan fingerprint density at radius 3 is 2.67 bits per heavy atom. The third-order valence-electron chi connectivity index (χ3n) is 2.06. The molecule has 0 aliphatic carbocycles. The van der Waals surface area contributed by atoms with Crippen molar-refractivity contribution in [1.29, 1.82) is 0 Å². The number of amides is 1. The Kier molecular flexibility index (Phi) is 7.12. The van der Waals surface area contributed by atoms with Crippen LogP contribution in [0.15, 0.2) is 29.2 Å². The van der Waals surface area contributed by atoms with E-state index in [1.165, 1.54) is 11.8 Å². The van der Waals surface area contributed by atoms with Crippen molar-refractivity contribution in [3.05, 3.63) is 29.3 Å². The van der Waals surface area contributed by atoms with Gasteiger partial charge in [0.05, 0.1) is 18.5 Å². The highest BCUT2D eigenvalue weighted by Gasteiger charge is 2.14. The predicted molar refractivity (Wildman–Crippen MR) is 72.7 cm³/mol. The number of ether oxygens (including phenoxy) is 1. The van der Waals surface area contributed by atoms with Gasteiger partial charge < -0.3 is 4.74 Å². The number of methoxy groups -OCH3 is 1. The molecule has 1 aromatic carbocycles. The van der Waals surface area contributed by atoms with Gasteiger partial charge in [-0.05, 0) is 31.2 Å². The molecule has 1 aromatic rings. The van der Waals surface area contributed by atoms with Crippen LogP contribution in [0, 0.1) is 0 Å². The van der Waals surface area contributed by atoms with Crippen molar-refractivity contribution in [1.82, 2.24) is 5.48 Å². The second-order valence-electron chi connectivity index (χ2n) is 3.52. The Labute approximate surface area is 116 Å². The minimum atomic E-state index is -0.242. The van der Waals surface area contributed by atoms with E-state index in [0.29, 0.717) is 18.2 Å². The molecule has 6 heteroatoms. The summed E-state index contributed by atoms with van der Waals surface area (Å²) in [5.74, 6) is -0.175. The first kappa shape index (κ1) is 15.3. The smallest absolute Gasteiger partial charge is 0.256 e. The number of thioether (sulfide) groups is 1. The van der Waals surface area contributed by atoms with Crippen LogP contribution in [0.3, 0.4) is 0 Å². The summed E-state index contributed by atoms with van der Waals surface area (Å²) in [6.45, 7) is 2.59. The molecule has 0 saturated heterocycles. The number of carbonyl (C=O) groups is 1. The average Bonchev–Trinajstić information content (AvgIpc) is 2.37. The number of hydrogen-bond acceptors (Lipinski definition) is 4. The first-order chi connectivity index (χ1) is 8.63. The number of hydrogen-bond donors (Lipinski definition) is 1. The fourth-order valence-electron chi connectivity index (χ4n) is 1.10. The number of benzene rings is 1. The summed E-state index contributed by atoms with van der Waals surface area (Å²) in [6, 6.07) is 7.35. The van der Waals surface area contributed by atoms with Gasteiger partial charge in [-0.1, -0.05) is 11.6 Å². The third kappa shape index (κ3) is 5.73. The minimum Gasteiger partial charge on any atom is -0.382 e. The fraction of sp³-hybridized carbons (Fsp3) is 0.417. The van der Waals surface area contributed by atoms with E-state index in [-0.39, 0.29) is 11.2 Å². The van der Waals surface area contributed by atoms with Crippen molar-refractivity contribution in [3.63, 3.8) is 0 Å². The lowest BCUT2D eigenvalue weighted by atomic mass is 10.4. The highest BCUT2D eigenvalue weighted by atomic mass is 35.5. The van der Waals surface area contributed by atoms with Gasteiger partial charge in [0.15, 0.2) is 0 Å². The Hall–Kier alpha value is -0.750. The molecule has 18 heavy (non-hydrogen) atoms. The first-order valence-corrected chi connectivity index (χ1v) is 6.72. The summed E-state index contributed by atoms with van der Waals surface area (Å²) in [7, 11) is 1.57. The van der Waals surface area contributed by atoms with Crippen molar-refractivity contribution < 1.29 is 14.4 Å². The highest BCUT2D eigenvalue weighted by Crippen LogP contribution is 2.24. The molecule has 0 saturated carbocycles. The highest BCUT2D eigenvalue weighted by molar-refractivity contribution is 8.00. The molecule has 1 rings (SSSR count). The Balaban J connectivity index is 2.33. The number of rotatable bonds is 7. The molecule has 0 bridgehead atoms. The topological polar surface area (TPSA) is 47.6 Å². The van der Waals surface area contributed by atoms with Gasteiger partial charge in [-0.15, -0.1) is 11.8 Å². The monoisotopic (exact) mass is 289 g/mol. The van der Waals surface area contributed by atoms with Gasteiger partial charge in [0, 0.05) is 17.0 Å². The van der Waals surface area contributed by atoms with Crippen LogP contribution in [-0.2, 0) is 14.4 Å². The molecule has 0 aliphatic rings. The minimum absolute atomic E-state index is 0.175. The quantitative estimate of drug-likeness (QED) is 0.476. The second-order valence-corrected chi connectivity index (χ2v) is 5.37. The van der Waals surface area contributed by atoms with Crippen molar-refractivity contribution in [2.75, 3.05) is 20.3 Å². The molecule has 1 amide bonds. The van der Waals surface area contributed by atoms with E-state index in [1.54, 1.807) is 19.2 Å². The van der Waals surface area contributed by atoms with E-state index in [1.807, 2.05) is 19.1 Å². The Morgan fingerprint density at radius 1 is 1.39 bits per heavy atom. The zero-order valence-electron chi connectivity index (χ0n) is 10.3. The zero-order chi connectivity index (χ0) is 13.4. The van der Waals surface area contributed by atoms with Crippen LogP contribution in [0.2, 0.25) is 5.02 Å². The lowest BCUT2D eigenvalue weighted by Crippen LogP contribution is -2.31. The average molecular weight is 290 g/mol. The molecular formula is C12H16ClNO3S. The molecule has 1 atom stereocenters. The molecule has 1 unspecified atom stereocenters. The summed E-state index contributed by atoms with van der Waals surface area (Å²) < 4.78 is 4.80. The maximum Gasteiger partial charge on any atom is 0.256 e. The molecule has 100 valence electrons. The SMILES string of the molecule is COCCONC(=O)C(C)Sc1ccc(Cl)cc1. The summed E-state index contributed by atoms with van der Waals surface area (Å²) in [6.07, 6.45) is 0. The van der Waals surface area contributed by atoms with Gasteiger partial charge in [-0.3, -0.25) is 9.63 Å². The fourth-order valence-corrected chi connectivity index (χ4v) is 2.08. The summed E-state index contributed by atoms with van der Waals surface area (Å²) in [4.78, 5) is 17.6. The molecule has 0 aromatic heterocycles. The van der Waals surface area contributed by atoms with Gasteiger partial charge >= 0.3 is 0 Å². The molecule has 4 nitrogen and oxygen atoms in total. The van der Waals surface area contributed by atoms with Crippen LogP contribution in [0.25, 0.3) is 0 Å². The third-order valence-corrected chi connectivity index (χ3v) is 3.42. The van der Waals surface area contributed by atoms with E-state index in [9.17, 15) is 4.79 Å². The van der Waals surface area contributed by atoms with Crippen LogP contribution in [0.5, 0.6) is 0 Å². The summed E-state index contributed by atoms with van der Waals surface area (Å²) in [5.41, 5.74) is 2.38. The van der Waals surface area contributed by atoms with E-state index in [0.717, 1.165) is 4.90 Å². The second kappa shape index (κ2) is 8.37. The van der Waals surface area contributed by atoms with Crippen molar-refractivity contribution >= 4 is 29.3 Å². The molecule has 0 heterocycles. The van der Waals surface area contributed by atoms with Crippen LogP contribution in [0.1, 0.15) is 6.92 Å². The first-order valence-electron chi connectivity index (χ1n) is 5.46. The summed E-state index contributed by atoms with van der Waals surface area (Å²) >= 11 is 7.23. The van der Waals surface area contributed by atoms with E-state index in [4.69, 9.17) is 21.2 Å². The van der Waals surface area contributed by atoms with Crippen LogP contribution >= 0.6 is 23.4 Å². The molecule has 0 radical (unpaired) electrons. The Morgan fingerprint density at radius 2 is 2.06 bits per heavy atom. The molecule has 0 aliphatic heterocycles. The van der Waals surface area contributed by atoms with Crippen LogP contribution < -0.4 is 5.48 Å². The maximum absolute atomic E-state index is 11.7. The van der Waals surface area contributed by atoms with Crippen molar-refractivity contribution in [2.45, 2.75) is 17.1 Å². The normalized spacial score (nSPS) is 12.2. The molecule has 0 spiro atoms. The lowest BCUT2D eigenvalue weighted by Gasteiger charge is -2.11. The van der Waals surface area contributed by atoms with Gasteiger partial charge in [0.1, 0.15) is 0 Å². The molecule has 0 fully saturated rings. The number of hydroxylamine groups is 1. The largest absolute Gasteiger partial charge is 0.382 e. The van der Waals surface area contributed by atoms with E-state index >= 15 is 0 Å². The van der Waals surface area contributed by atoms with Crippen LogP contribution in [-0.4, -0.2) is 31.5 Å². The van der Waals surface area contributed by atoms with Crippen molar-refractivity contribution in [2.24, 2.45) is 0 Å². The van der Waals surface area contributed by atoms with Gasteiger partial charge in [0.25, 0.3) is 5.91 Å². The summed E-state index contributed by atoms with van der Waals surface area (Å²) in [5, 5.41) is 0.438. The zero-order valence-corrected chi connectivity index (χ0v) is 11.9. The maximum atomic E-state index is 11.7. The van der Waals surface area contributed by atoms with E-state index < -0.39 is 0 Å². The standard InChI is InChI=1S/C12H16ClNO3S/c1-9(12(15)14-17-8-7-16-2)18-11-5-3-10(13)4-6-11/h3-6,9H,7-8H2,1-2H3,(H,14,15). The molecular weight excluding hydrogens is 274 g/mol. The number of nitrogens with one attached hydrogen (secondary N) is 1. The number of halogens is 1. The van der Waals surface area contributed by atoms with Gasteiger partial charge in [0.2, 0.25) is 0 Å². The van der Waals surface area contributed by atoms with E-state index in [2.05, 4.69) is 5.48 Å². The molecule has 1 N–H and O–H groups in total. The van der Waals surface area contributed by atoms with Crippen LogP contribution in [0.4, 0.5) is 0 Å².